The van der Waals surface area contributed by atoms with Crippen molar-refractivity contribution < 1.29 is 30.7 Å². The van der Waals surface area contributed by atoms with E-state index >= 15 is 0 Å². The molecule has 0 spiro atoms. The average molecular weight is 444 g/mol. The first-order chi connectivity index (χ1) is 14.6. The zero-order valence-electron chi connectivity index (χ0n) is 17.0. The number of hydrogen-bond donors (Lipinski definition) is 0. The van der Waals surface area contributed by atoms with Crippen LogP contribution in [0.5, 0.6) is 0 Å². The van der Waals surface area contributed by atoms with E-state index in [1.165, 1.54) is 12.5 Å². The topological polar surface area (TPSA) is 0 Å². The van der Waals surface area contributed by atoms with E-state index in [1.54, 1.807) is 6.07 Å². The molecule has 0 amide bonds. The van der Waals surface area contributed by atoms with E-state index in [-0.39, 0.29) is 12.0 Å². The Hall–Kier alpha value is -2.31. The number of halogens is 7. The Kier molecular flexibility index (Phi) is 7.12. The third-order valence-electron chi connectivity index (χ3n) is 5.97. The first-order valence-electron chi connectivity index (χ1n) is 10.3. The second-order valence-electron chi connectivity index (χ2n) is 8.07. The molecule has 0 radical (unpaired) electrons. The molecule has 0 nitrogen and oxygen atoms in total. The number of rotatable bonds is 5. The van der Waals surface area contributed by atoms with Gasteiger partial charge in [-0.25, -0.2) is 17.6 Å². The predicted molar refractivity (Wildman–Crippen MR) is 106 cm³/mol. The van der Waals surface area contributed by atoms with Gasteiger partial charge in [0, 0.05) is 11.1 Å². The van der Waals surface area contributed by atoms with E-state index in [4.69, 9.17) is 0 Å². The van der Waals surface area contributed by atoms with Gasteiger partial charge in [-0.3, -0.25) is 0 Å². The highest BCUT2D eigenvalue weighted by atomic mass is 19.4. The molecule has 0 aromatic heterocycles. The summed E-state index contributed by atoms with van der Waals surface area (Å²) in [6, 6.07) is 5.04. The Morgan fingerprint density at radius 2 is 1.55 bits per heavy atom. The van der Waals surface area contributed by atoms with Crippen LogP contribution in [0, 0.1) is 17.6 Å². The molecule has 168 valence electrons. The van der Waals surface area contributed by atoms with Crippen molar-refractivity contribution in [2.24, 2.45) is 5.92 Å². The van der Waals surface area contributed by atoms with Crippen molar-refractivity contribution in [3.63, 3.8) is 0 Å². The van der Waals surface area contributed by atoms with Crippen LogP contribution in [0.2, 0.25) is 0 Å². The van der Waals surface area contributed by atoms with Gasteiger partial charge in [0.15, 0.2) is 11.7 Å². The minimum Gasteiger partial charge on any atom is -0.206 e. The predicted octanol–water partition coefficient (Wildman–Crippen LogP) is 8.82. The average Bonchev–Trinajstić information content (AvgIpc) is 2.72. The Labute approximate surface area is 176 Å². The van der Waals surface area contributed by atoms with Gasteiger partial charge in [-0.2, -0.15) is 13.2 Å². The number of hydrogen-bond acceptors (Lipinski definition) is 0. The molecule has 2 aromatic carbocycles. The van der Waals surface area contributed by atoms with Crippen LogP contribution in [-0.4, -0.2) is 0 Å². The third kappa shape index (κ3) is 5.31. The van der Waals surface area contributed by atoms with E-state index in [9.17, 15) is 30.7 Å². The van der Waals surface area contributed by atoms with Gasteiger partial charge in [-0.05, 0) is 67.3 Å². The molecule has 0 saturated heterocycles. The Morgan fingerprint density at radius 1 is 0.871 bits per heavy atom. The quantitative estimate of drug-likeness (QED) is 0.319. The molecule has 1 saturated carbocycles. The lowest BCUT2D eigenvalue weighted by Gasteiger charge is -2.28. The summed E-state index contributed by atoms with van der Waals surface area (Å²) in [4.78, 5) is 0. The zero-order valence-corrected chi connectivity index (χ0v) is 17.0. The van der Waals surface area contributed by atoms with E-state index in [1.807, 2.05) is 0 Å². The number of benzene rings is 2. The summed E-state index contributed by atoms with van der Waals surface area (Å²) in [5.41, 5.74) is -2.26. The van der Waals surface area contributed by atoms with Gasteiger partial charge >= 0.3 is 6.18 Å². The van der Waals surface area contributed by atoms with Crippen molar-refractivity contribution >= 4 is 11.7 Å². The van der Waals surface area contributed by atoms with Crippen molar-refractivity contribution in [2.45, 2.75) is 57.5 Å². The van der Waals surface area contributed by atoms with Gasteiger partial charge in [0.25, 0.3) is 0 Å². The molecule has 31 heavy (non-hydrogen) atoms. The van der Waals surface area contributed by atoms with Gasteiger partial charge in [0.2, 0.25) is 0 Å². The largest absolute Gasteiger partial charge is 0.419 e. The van der Waals surface area contributed by atoms with Crippen LogP contribution >= 0.6 is 0 Å². The molecular weight excluding hydrogens is 421 g/mol. The van der Waals surface area contributed by atoms with E-state index in [0.29, 0.717) is 23.6 Å². The molecule has 0 N–H and O–H groups in total. The van der Waals surface area contributed by atoms with Crippen LogP contribution in [0.1, 0.15) is 73.6 Å². The smallest absolute Gasteiger partial charge is 0.206 e. The van der Waals surface area contributed by atoms with Crippen LogP contribution < -0.4 is 0 Å². The lowest BCUT2D eigenvalue weighted by atomic mass is 9.77. The molecule has 2 aromatic rings. The Bertz CT molecular complexity index is 951. The van der Waals surface area contributed by atoms with Crippen LogP contribution in [0.3, 0.4) is 0 Å². The normalized spacial score (nSPS) is 20.5. The van der Waals surface area contributed by atoms with Crippen LogP contribution in [-0.2, 0) is 6.18 Å². The fraction of sp³-hybridized carbons (Fsp3) is 0.417. The van der Waals surface area contributed by atoms with Gasteiger partial charge in [0.05, 0.1) is 5.56 Å². The van der Waals surface area contributed by atoms with Gasteiger partial charge in [-0.1, -0.05) is 31.9 Å². The van der Waals surface area contributed by atoms with Crippen molar-refractivity contribution in [1.29, 1.82) is 0 Å². The first kappa shape index (κ1) is 23.4. The van der Waals surface area contributed by atoms with Crippen molar-refractivity contribution in [1.82, 2.24) is 0 Å². The highest BCUT2D eigenvalue weighted by Gasteiger charge is 2.34. The summed E-state index contributed by atoms with van der Waals surface area (Å²) >= 11 is 0. The first-order valence-corrected chi connectivity index (χ1v) is 10.3. The summed E-state index contributed by atoms with van der Waals surface area (Å²) in [5.74, 6) is -5.09. The fourth-order valence-electron chi connectivity index (χ4n) is 4.28. The van der Waals surface area contributed by atoms with Gasteiger partial charge in [0.1, 0.15) is 11.6 Å². The van der Waals surface area contributed by atoms with Crippen LogP contribution in [0.4, 0.5) is 30.7 Å². The fourth-order valence-corrected chi connectivity index (χ4v) is 4.28. The summed E-state index contributed by atoms with van der Waals surface area (Å²) in [6.07, 6.45) is 1.23. The molecule has 1 aliphatic carbocycles. The second-order valence-corrected chi connectivity index (χ2v) is 8.07. The standard InChI is InChI=1S/C24H23F7/c1-2-3-14-4-6-15(7-5-14)16-8-10-18(20(25)12-16)23(28)22(27)17-9-11-19(21(26)13-17)24(29,30)31/h8-15H,2-7H2,1H3/b23-22-. The SMILES string of the molecule is CCCC1CCC(c2ccc(/C(F)=C(/F)c3ccc(C(F)(F)F)c(F)c3)c(F)c2)CC1. The lowest BCUT2D eigenvalue weighted by Crippen LogP contribution is -2.13. The zero-order chi connectivity index (χ0) is 22.8. The van der Waals surface area contributed by atoms with Crippen molar-refractivity contribution in [3.8, 4) is 0 Å². The second kappa shape index (κ2) is 9.45. The minimum atomic E-state index is -4.96. The molecule has 7 heteroatoms. The van der Waals surface area contributed by atoms with Crippen molar-refractivity contribution in [2.75, 3.05) is 0 Å². The minimum absolute atomic E-state index is 0.151. The molecule has 1 fully saturated rings. The maximum absolute atomic E-state index is 14.6. The molecular formula is C24H23F7. The summed E-state index contributed by atoms with van der Waals surface area (Å²) in [7, 11) is 0. The third-order valence-corrected chi connectivity index (χ3v) is 5.97. The highest BCUT2D eigenvalue weighted by molar-refractivity contribution is 5.83. The monoisotopic (exact) mass is 444 g/mol. The molecule has 3 rings (SSSR count). The van der Waals surface area contributed by atoms with Gasteiger partial charge in [-0.15, -0.1) is 0 Å². The summed E-state index contributed by atoms with van der Waals surface area (Å²) < 4.78 is 95.2. The maximum Gasteiger partial charge on any atom is 0.419 e. The summed E-state index contributed by atoms with van der Waals surface area (Å²) in [5, 5.41) is 0. The molecule has 0 atom stereocenters. The highest BCUT2D eigenvalue weighted by Crippen LogP contribution is 2.39. The molecule has 1 aliphatic rings. The van der Waals surface area contributed by atoms with E-state index in [2.05, 4.69) is 6.92 Å². The van der Waals surface area contributed by atoms with Crippen LogP contribution in [0.25, 0.3) is 11.7 Å². The maximum atomic E-state index is 14.6. The molecule has 0 bridgehead atoms. The van der Waals surface area contributed by atoms with Crippen LogP contribution in [0.15, 0.2) is 36.4 Å². The molecule has 0 heterocycles. The Balaban J connectivity index is 1.82. The van der Waals surface area contributed by atoms with Crippen molar-refractivity contribution in [3.05, 3.63) is 70.3 Å². The van der Waals surface area contributed by atoms with Gasteiger partial charge < -0.3 is 0 Å². The number of alkyl halides is 3. The molecule has 0 aliphatic heterocycles. The van der Waals surface area contributed by atoms with E-state index in [0.717, 1.165) is 38.2 Å². The van der Waals surface area contributed by atoms with E-state index < -0.39 is 46.2 Å². The lowest BCUT2D eigenvalue weighted by molar-refractivity contribution is -0.140. The molecule has 0 unspecified atom stereocenters. The summed E-state index contributed by atoms with van der Waals surface area (Å²) in [6.45, 7) is 2.14. The Morgan fingerprint density at radius 3 is 2.10 bits per heavy atom.